The summed E-state index contributed by atoms with van der Waals surface area (Å²) in [6, 6.07) is 9.97. The zero-order valence-corrected chi connectivity index (χ0v) is 13.5. The number of carboxylic acid groups (broad SMARTS) is 1. The summed E-state index contributed by atoms with van der Waals surface area (Å²) < 4.78 is 43.2. The molecule has 0 aromatic heterocycles. The average molecular weight is 365 g/mol. The van der Waals surface area contributed by atoms with E-state index in [9.17, 15) is 27.9 Å². The number of allylic oxidation sites excluding steroid dienone is 1. The number of nitrogens with one attached hydrogen (secondary N) is 1. The van der Waals surface area contributed by atoms with Crippen molar-refractivity contribution >= 4 is 17.4 Å². The monoisotopic (exact) mass is 365 g/mol. The van der Waals surface area contributed by atoms with E-state index in [2.05, 4.69) is 5.32 Å². The predicted molar refractivity (Wildman–Crippen MR) is 88.1 cm³/mol. The van der Waals surface area contributed by atoms with Crippen molar-refractivity contribution in [3.05, 3.63) is 71.4 Å². The van der Waals surface area contributed by atoms with Crippen molar-refractivity contribution in [1.82, 2.24) is 0 Å². The SMILES string of the molecule is COc1ccc(C(=O)/C=C(\Nc2cccc(C(F)(F)F)c2)C(=O)O)cc1. The summed E-state index contributed by atoms with van der Waals surface area (Å²) in [6.07, 6.45) is -3.76. The number of carbonyl (C=O) groups excluding carboxylic acids is 1. The Kier molecular flexibility index (Phi) is 5.66. The van der Waals surface area contributed by atoms with E-state index in [1.54, 1.807) is 0 Å². The number of halogens is 3. The highest BCUT2D eigenvalue weighted by Gasteiger charge is 2.30. The first-order chi connectivity index (χ1) is 12.2. The topological polar surface area (TPSA) is 75.6 Å². The molecule has 0 radical (unpaired) electrons. The minimum absolute atomic E-state index is 0.101. The molecule has 0 bridgehead atoms. The maximum atomic E-state index is 12.7. The number of hydrogen-bond acceptors (Lipinski definition) is 4. The molecule has 0 fully saturated rings. The maximum Gasteiger partial charge on any atom is 0.416 e. The minimum atomic E-state index is -4.57. The number of aliphatic carboxylic acids is 1. The normalized spacial score (nSPS) is 11.8. The predicted octanol–water partition coefficient (Wildman–Crippen LogP) is 3.98. The van der Waals surface area contributed by atoms with E-state index in [1.165, 1.54) is 37.4 Å². The second-order valence-corrected chi connectivity index (χ2v) is 5.16. The van der Waals surface area contributed by atoms with E-state index < -0.39 is 29.2 Å². The summed E-state index contributed by atoms with van der Waals surface area (Å²) in [7, 11) is 1.46. The lowest BCUT2D eigenvalue weighted by atomic mass is 10.1. The Morgan fingerprint density at radius 2 is 1.77 bits per heavy atom. The number of benzene rings is 2. The first-order valence-electron chi connectivity index (χ1n) is 7.28. The van der Waals surface area contributed by atoms with Gasteiger partial charge in [0.15, 0.2) is 5.78 Å². The Hall–Kier alpha value is -3.29. The number of rotatable bonds is 6. The van der Waals surface area contributed by atoms with Crippen LogP contribution in [0.4, 0.5) is 18.9 Å². The van der Waals surface area contributed by atoms with Gasteiger partial charge in [0, 0.05) is 17.3 Å². The van der Waals surface area contributed by atoms with Crippen LogP contribution in [0, 0.1) is 0 Å². The van der Waals surface area contributed by atoms with Gasteiger partial charge >= 0.3 is 12.1 Å². The number of hydrogen-bond donors (Lipinski definition) is 2. The summed E-state index contributed by atoms with van der Waals surface area (Å²) in [5.74, 6) is -1.58. The van der Waals surface area contributed by atoms with Gasteiger partial charge in [-0.05, 0) is 42.5 Å². The van der Waals surface area contributed by atoms with Crippen molar-refractivity contribution in [3.63, 3.8) is 0 Å². The number of ether oxygens (including phenoxy) is 1. The van der Waals surface area contributed by atoms with E-state index in [0.29, 0.717) is 5.75 Å². The molecule has 2 aromatic carbocycles. The van der Waals surface area contributed by atoms with Crippen LogP contribution in [0.3, 0.4) is 0 Å². The third kappa shape index (κ3) is 4.85. The third-order valence-electron chi connectivity index (χ3n) is 3.35. The van der Waals surface area contributed by atoms with E-state index >= 15 is 0 Å². The Balaban J connectivity index is 2.26. The minimum Gasteiger partial charge on any atom is -0.497 e. The highest BCUT2D eigenvalue weighted by molar-refractivity contribution is 6.09. The van der Waals surface area contributed by atoms with Gasteiger partial charge in [0.05, 0.1) is 12.7 Å². The van der Waals surface area contributed by atoms with Crippen molar-refractivity contribution in [2.75, 3.05) is 12.4 Å². The maximum absolute atomic E-state index is 12.7. The molecule has 0 saturated carbocycles. The summed E-state index contributed by atoms with van der Waals surface area (Å²) in [4.78, 5) is 23.5. The Labute approximate surface area is 146 Å². The van der Waals surface area contributed by atoms with Crippen molar-refractivity contribution in [3.8, 4) is 5.75 Å². The van der Waals surface area contributed by atoms with Gasteiger partial charge in [-0.25, -0.2) is 4.79 Å². The molecule has 0 spiro atoms. The van der Waals surface area contributed by atoms with Crippen LogP contribution in [0.25, 0.3) is 0 Å². The molecule has 0 unspecified atom stereocenters. The van der Waals surface area contributed by atoms with E-state index in [4.69, 9.17) is 4.74 Å². The third-order valence-corrected chi connectivity index (χ3v) is 3.35. The standard InChI is InChI=1S/C18H14F3NO4/c1-26-14-7-5-11(6-8-14)16(23)10-15(17(24)25)22-13-4-2-3-12(9-13)18(19,20)21/h2-10,22H,1H3,(H,24,25)/b15-10-. The lowest BCUT2D eigenvalue weighted by Crippen LogP contribution is -2.13. The largest absolute Gasteiger partial charge is 0.497 e. The fraction of sp³-hybridized carbons (Fsp3) is 0.111. The molecule has 0 aliphatic carbocycles. The highest BCUT2D eigenvalue weighted by Crippen LogP contribution is 2.31. The van der Waals surface area contributed by atoms with Crippen LogP contribution in [-0.2, 0) is 11.0 Å². The average Bonchev–Trinajstić information content (AvgIpc) is 2.60. The number of carbonyl (C=O) groups is 2. The molecule has 8 heteroatoms. The Morgan fingerprint density at radius 1 is 1.12 bits per heavy atom. The van der Waals surface area contributed by atoms with Gasteiger partial charge in [-0.15, -0.1) is 0 Å². The lowest BCUT2D eigenvalue weighted by molar-refractivity contribution is -0.137. The molecule has 5 nitrogen and oxygen atoms in total. The smallest absolute Gasteiger partial charge is 0.416 e. The van der Waals surface area contributed by atoms with Gasteiger partial charge in [-0.1, -0.05) is 6.07 Å². The summed E-state index contributed by atoms with van der Waals surface area (Å²) in [6.45, 7) is 0. The van der Waals surface area contributed by atoms with Crippen molar-refractivity contribution in [2.24, 2.45) is 0 Å². The van der Waals surface area contributed by atoms with Crippen LogP contribution < -0.4 is 10.1 Å². The molecule has 0 aliphatic rings. The van der Waals surface area contributed by atoms with Crippen molar-refractivity contribution in [2.45, 2.75) is 6.18 Å². The molecule has 0 atom stereocenters. The molecular formula is C18H14F3NO4. The second kappa shape index (κ2) is 7.73. The fourth-order valence-corrected chi connectivity index (χ4v) is 2.05. The number of anilines is 1. The van der Waals surface area contributed by atoms with Crippen molar-refractivity contribution < 1.29 is 32.6 Å². The van der Waals surface area contributed by atoms with Crippen LogP contribution in [0.15, 0.2) is 60.3 Å². The van der Waals surface area contributed by atoms with Gasteiger partial charge in [0.1, 0.15) is 11.4 Å². The van der Waals surface area contributed by atoms with E-state index in [1.807, 2.05) is 0 Å². The van der Waals surface area contributed by atoms with Gasteiger partial charge in [-0.2, -0.15) is 13.2 Å². The Morgan fingerprint density at radius 3 is 2.31 bits per heavy atom. The summed E-state index contributed by atoms with van der Waals surface area (Å²) in [5.41, 5.74) is -1.38. The molecule has 2 rings (SSSR count). The molecule has 2 N–H and O–H groups in total. The molecule has 0 aliphatic heterocycles. The van der Waals surface area contributed by atoms with Crippen LogP contribution in [-0.4, -0.2) is 24.0 Å². The first-order valence-corrected chi connectivity index (χ1v) is 7.28. The molecule has 0 heterocycles. The molecule has 26 heavy (non-hydrogen) atoms. The fourth-order valence-electron chi connectivity index (χ4n) is 2.05. The van der Waals surface area contributed by atoms with Crippen LogP contribution >= 0.6 is 0 Å². The van der Waals surface area contributed by atoms with Crippen molar-refractivity contribution in [1.29, 1.82) is 0 Å². The zero-order chi connectivity index (χ0) is 19.3. The molecule has 0 amide bonds. The molecular weight excluding hydrogens is 351 g/mol. The highest BCUT2D eigenvalue weighted by atomic mass is 19.4. The molecule has 0 saturated heterocycles. The van der Waals surface area contributed by atoms with Crippen LogP contribution in [0.2, 0.25) is 0 Å². The van der Waals surface area contributed by atoms with Gasteiger partial charge in [0.25, 0.3) is 0 Å². The number of ketones is 1. The quantitative estimate of drug-likeness (QED) is 0.598. The summed E-state index contributed by atoms with van der Waals surface area (Å²) in [5, 5.41) is 11.5. The number of methoxy groups -OCH3 is 1. The van der Waals surface area contributed by atoms with Crippen LogP contribution in [0.5, 0.6) is 5.75 Å². The van der Waals surface area contributed by atoms with Gasteiger partial charge < -0.3 is 15.2 Å². The first kappa shape index (κ1) is 19.0. The van der Waals surface area contributed by atoms with Crippen LogP contribution in [0.1, 0.15) is 15.9 Å². The number of carboxylic acids is 1. The Bertz CT molecular complexity index is 842. The van der Waals surface area contributed by atoms with E-state index in [-0.39, 0.29) is 11.3 Å². The van der Waals surface area contributed by atoms with Gasteiger partial charge in [-0.3, -0.25) is 4.79 Å². The zero-order valence-electron chi connectivity index (χ0n) is 13.5. The summed E-state index contributed by atoms with van der Waals surface area (Å²) >= 11 is 0. The lowest BCUT2D eigenvalue weighted by Gasteiger charge is -2.11. The number of alkyl halides is 3. The molecule has 136 valence electrons. The van der Waals surface area contributed by atoms with Gasteiger partial charge in [0.2, 0.25) is 0 Å². The molecule has 2 aromatic rings. The van der Waals surface area contributed by atoms with E-state index in [0.717, 1.165) is 24.3 Å². The second-order valence-electron chi connectivity index (χ2n) is 5.16.